The SMILES string of the molecule is CCC1(C2(C3(CC(F)(F)F)OCCCO3)OC(C)OC2(C2(CC#N)OCCO2)C2(CC3(C)OCCO3)OCCO2)OCCO1. The summed E-state index contributed by atoms with van der Waals surface area (Å²) in [7, 11) is 0. The fraction of sp³-hybridized carbons (Fsp3) is 0.964. The van der Waals surface area contributed by atoms with Gasteiger partial charge in [-0.2, -0.15) is 18.4 Å². The van der Waals surface area contributed by atoms with Crippen molar-refractivity contribution in [2.24, 2.45) is 0 Å². The molecule has 0 amide bonds. The van der Waals surface area contributed by atoms with E-state index in [-0.39, 0.29) is 78.9 Å². The van der Waals surface area contributed by atoms with Gasteiger partial charge in [-0.1, -0.05) is 6.92 Å². The van der Waals surface area contributed by atoms with Gasteiger partial charge in [0.05, 0.1) is 85.0 Å². The monoisotopic (exact) mass is 639 g/mol. The van der Waals surface area contributed by atoms with E-state index >= 15 is 0 Å². The maximum absolute atomic E-state index is 14.9. The van der Waals surface area contributed by atoms with Crippen molar-refractivity contribution in [1.82, 2.24) is 0 Å². The highest BCUT2D eigenvalue weighted by atomic mass is 19.4. The van der Waals surface area contributed by atoms with E-state index in [2.05, 4.69) is 6.07 Å². The Morgan fingerprint density at radius 1 is 0.659 bits per heavy atom. The third-order valence-corrected chi connectivity index (χ3v) is 9.21. The number of ether oxygens (including phenoxy) is 12. The van der Waals surface area contributed by atoms with Crippen LogP contribution in [0.2, 0.25) is 0 Å². The number of nitrogens with zero attached hydrogens (tertiary/aromatic N) is 1. The van der Waals surface area contributed by atoms with Gasteiger partial charge in [0.1, 0.15) is 6.42 Å². The number of alkyl halides is 3. The second-order valence-electron chi connectivity index (χ2n) is 11.8. The maximum Gasteiger partial charge on any atom is 0.394 e. The normalized spacial score (nSPS) is 37.3. The fourth-order valence-corrected chi connectivity index (χ4v) is 8.03. The molecule has 0 radical (unpaired) electrons. The molecule has 0 aromatic rings. The lowest BCUT2D eigenvalue weighted by atomic mass is 9.59. The Balaban J connectivity index is 1.74. The zero-order valence-electron chi connectivity index (χ0n) is 25.2. The van der Waals surface area contributed by atoms with E-state index in [1.54, 1.807) is 13.8 Å². The van der Waals surface area contributed by atoms with Crippen LogP contribution >= 0.6 is 0 Å². The molecule has 6 rings (SSSR count). The molecule has 0 spiro atoms. The Morgan fingerprint density at radius 3 is 1.57 bits per heavy atom. The van der Waals surface area contributed by atoms with E-state index in [0.717, 1.165) is 0 Å². The molecule has 0 aromatic heterocycles. The first kappa shape index (κ1) is 32.7. The van der Waals surface area contributed by atoms with Gasteiger partial charge in [-0.25, -0.2) is 0 Å². The zero-order valence-corrected chi connectivity index (χ0v) is 25.2. The zero-order chi connectivity index (χ0) is 31.4. The quantitative estimate of drug-likeness (QED) is 0.366. The van der Waals surface area contributed by atoms with Gasteiger partial charge in [-0.05, 0) is 20.3 Å². The van der Waals surface area contributed by atoms with Crippen molar-refractivity contribution in [2.45, 2.75) is 105 Å². The third kappa shape index (κ3) is 4.58. The van der Waals surface area contributed by atoms with Crippen molar-refractivity contribution in [2.75, 3.05) is 66.1 Å². The largest absolute Gasteiger partial charge is 0.394 e. The molecule has 250 valence electrons. The summed E-state index contributed by atoms with van der Waals surface area (Å²) >= 11 is 0. The molecular formula is C28H40F3NO12. The first-order valence-electron chi connectivity index (χ1n) is 15.1. The highest BCUT2D eigenvalue weighted by molar-refractivity contribution is 5.32. The Hall–Kier alpha value is -1.20. The fourth-order valence-electron chi connectivity index (χ4n) is 8.03. The van der Waals surface area contributed by atoms with Crippen LogP contribution in [0.5, 0.6) is 0 Å². The Morgan fingerprint density at radius 2 is 1.09 bits per heavy atom. The average molecular weight is 640 g/mol. The van der Waals surface area contributed by atoms with Crippen LogP contribution in [0.25, 0.3) is 0 Å². The predicted octanol–water partition coefficient (Wildman–Crippen LogP) is 2.65. The van der Waals surface area contributed by atoms with E-state index < -0.39 is 65.4 Å². The van der Waals surface area contributed by atoms with Crippen molar-refractivity contribution in [1.29, 1.82) is 5.26 Å². The van der Waals surface area contributed by atoms with Crippen molar-refractivity contribution in [3.8, 4) is 6.07 Å². The van der Waals surface area contributed by atoms with Crippen LogP contribution in [0, 0.1) is 11.3 Å². The van der Waals surface area contributed by atoms with Gasteiger partial charge in [0.25, 0.3) is 0 Å². The highest BCUT2D eigenvalue weighted by Crippen LogP contribution is 2.69. The summed E-state index contributed by atoms with van der Waals surface area (Å²) in [6.45, 7) is 4.96. The summed E-state index contributed by atoms with van der Waals surface area (Å²) in [5.41, 5.74) is -5.04. The average Bonchev–Trinajstić information content (AvgIpc) is 3.80. The Bertz CT molecular complexity index is 1070. The van der Waals surface area contributed by atoms with E-state index in [0.29, 0.717) is 6.42 Å². The second kappa shape index (κ2) is 11.5. The molecule has 3 unspecified atom stereocenters. The summed E-state index contributed by atoms with van der Waals surface area (Å²) < 4.78 is 121. The first-order valence-corrected chi connectivity index (χ1v) is 15.1. The number of halogens is 3. The lowest BCUT2D eigenvalue weighted by Crippen LogP contribution is -2.89. The van der Waals surface area contributed by atoms with E-state index in [4.69, 9.17) is 56.8 Å². The number of hydrogen-bond acceptors (Lipinski definition) is 13. The predicted molar refractivity (Wildman–Crippen MR) is 136 cm³/mol. The van der Waals surface area contributed by atoms with E-state index in [1.165, 1.54) is 6.92 Å². The maximum atomic E-state index is 14.9. The van der Waals surface area contributed by atoms with Gasteiger partial charge < -0.3 is 56.8 Å². The minimum absolute atomic E-state index is 0.00285. The molecular weight excluding hydrogens is 599 g/mol. The molecule has 0 N–H and O–H groups in total. The van der Waals surface area contributed by atoms with Crippen LogP contribution in [-0.4, -0.2) is 119 Å². The van der Waals surface area contributed by atoms with Gasteiger partial charge in [0.15, 0.2) is 12.1 Å². The number of rotatable bonds is 9. The molecule has 6 fully saturated rings. The van der Waals surface area contributed by atoms with Crippen LogP contribution in [0.1, 0.15) is 52.9 Å². The minimum Gasteiger partial charge on any atom is -0.348 e. The number of nitriles is 1. The molecule has 6 saturated heterocycles. The summed E-state index contributed by atoms with van der Waals surface area (Å²) in [4.78, 5) is 0. The molecule has 6 aliphatic heterocycles. The van der Waals surface area contributed by atoms with Gasteiger partial charge in [0, 0.05) is 6.42 Å². The molecule has 0 bridgehead atoms. The molecule has 44 heavy (non-hydrogen) atoms. The lowest BCUT2D eigenvalue weighted by molar-refractivity contribution is -0.489. The van der Waals surface area contributed by atoms with Crippen LogP contribution in [0.4, 0.5) is 13.2 Å². The molecule has 0 saturated carbocycles. The van der Waals surface area contributed by atoms with Crippen molar-refractivity contribution < 1.29 is 70.0 Å². The molecule has 6 aliphatic rings. The molecule has 6 heterocycles. The van der Waals surface area contributed by atoms with Crippen LogP contribution in [-0.2, 0) is 56.8 Å². The topological polar surface area (TPSA) is 135 Å². The molecule has 0 aliphatic carbocycles. The first-order chi connectivity index (χ1) is 20.9. The van der Waals surface area contributed by atoms with Crippen molar-refractivity contribution >= 4 is 0 Å². The molecule has 13 nitrogen and oxygen atoms in total. The van der Waals surface area contributed by atoms with Crippen LogP contribution in [0.15, 0.2) is 0 Å². The summed E-state index contributed by atoms with van der Waals surface area (Å²) in [5, 5.41) is 10.3. The van der Waals surface area contributed by atoms with Crippen molar-refractivity contribution in [3.63, 3.8) is 0 Å². The second-order valence-corrected chi connectivity index (χ2v) is 11.8. The number of hydrogen-bond donors (Lipinski definition) is 0. The van der Waals surface area contributed by atoms with Gasteiger partial charge >= 0.3 is 6.18 Å². The molecule has 0 aromatic carbocycles. The lowest BCUT2D eigenvalue weighted by Gasteiger charge is -2.65. The Kier molecular flexibility index (Phi) is 8.55. The highest BCUT2D eigenvalue weighted by Gasteiger charge is 2.94. The standard InChI is InChI=1S/C28H40F3NO12/c1-4-22(37-12-13-38-22)27(25(19-26(29,30)31)35-8-5-9-36-25)28(44-20(2)43-27,23(6-7-32)39-14-15-40-23)24(41-16-17-42-24)18-21(3)33-10-11-34-21/h20H,4-6,8-19H2,1-3H3. The van der Waals surface area contributed by atoms with Crippen molar-refractivity contribution in [3.05, 3.63) is 0 Å². The summed E-state index contributed by atoms with van der Waals surface area (Å²) in [6.07, 6.45) is -8.41. The van der Waals surface area contributed by atoms with Crippen LogP contribution < -0.4 is 0 Å². The Labute approximate surface area is 253 Å². The summed E-state index contributed by atoms with van der Waals surface area (Å²) in [6, 6.07) is 2.09. The third-order valence-electron chi connectivity index (χ3n) is 9.21. The van der Waals surface area contributed by atoms with E-state index in [1.807, 2.05) is 0 Å². The van der Waals surface area contributed by atoms with Gasteiger partial charge in [-0.3, -0.25) is 0 Å². The molecule has 16 heteroatoms. The molecule has 3 atom stereocenters. The van der Waals surface area contributed by atoms with Crippen LogP contribution in [0.3, 0.4) is 0 Å². The van der Waals surface area contributed by atoms with Gasteiger partial charge in [0.2, 0.25) is 34.4 Å². The van der Waals surface area contributed by atoms with E-state index in [9.17, 15) is 18.4 Å². The smallest absolute Gasteiger partial charge is 0.348 e. The minimum atomic E-state index is -4.87. The van der Waals surface area contributed by atoms with Gasteiger partial charge in [-0.15, -0.1) is 0 Å². The summed E-state index contributed by atoms with van der Waals surface area (Å²) in [5.74, 6) is -10.4.